The lowest BCUT2D eigenvalue weighted by molar-refractivity contribution is -0.385. The number of nitro benzene ring substituents is 1. The van der Waals surface area contributed by atoms with Gasteiger partial charge in [-0.2, -0.15) is 8.42 Å². The topological polar surface area (TPSA) is 157 Å². The largest absolute Gasteiger partial charge is 0.490 e. The minimum Gasteiger partial charge on any atom is -0.490 e. The lowest BCUT2D eigenvalue weighted by Crippen LogP contribution is -2.17. The third-order valence-electron chi connectivity index (χ3n) is 4.04. The standard InChI is InChI=1S/C18H16N4O7S/c1-11-3-6-13(7-4-11)30(26,27)21-16(19)10-17(20-21)29-18(23)12-5-8-15(28-2)14(9-12)22(24)25/h3-10H,19H2,1-2H3. The molecule has 0 saturated heterocycles. The van der Waals surface area contributed by atoms with Crippen LogP contribution < -0.4 is 15.2 Å². The molecule has 0 amide bonds. The van der Waals surface area contributed by atoms with E-state index in [2.05, 4.69) is 5.10 Å². The number of carbonyl (C=O) groups is 1. The number of ether oxygens (including phenoxy) is 2. The third kappa shape index (κ3) is 3.93. The van der Waals surface area contributed by atoms with Crippen molar-refractivity contribution in [2.24, 2.45) is 0 Å². The van der Waals surface area contributed by atoms with Crippen molar-refractivity contribution < 1.29 is 27.6 Å². The molecule has 0 unspecified atom stereocenters. The van der Waals surface area contributed by atoms with E-state index in [0.29, 0.717) is 4.09 Å². The van der Waals surface area contributed by atoms with Crippen molar-refractivity contribution in [1.29, 1.82) is 0 Å². The Morgan fingerprint density at radius 2 is 1.83 bits per heavy atom. The quantitative estimate of drug-likeness (QED) is 0.350. The number of nitrogen functional groups attached to an aromatic ring is 1. The van der Waals surface area contributed by atoms with Crippen molar-refractivity contribution >= 4 is 27.5 Å². The summed E-state index contributed by atoms with van der Waals surface area (Å²) in [6.07, 6.45) is 0. The van der Waals surface area contributed by atoms with Crippen LogP contribution >= 0.6 is 0 Å². The molecule has 0 atom stereocenters. The average molecular weight is 432 g/mol. The van der Waals surface area contributed by atoms with Gasteiger partial charge in [-0.25, -0.2) is 4.79 Å². The van der Waals surface area contributed by atoms with E-state index in [1.165, 1.54) is 31.4 Å². The number of aryl methyl sites for hydroxylation is 1. The fraction of sp³-hybridized carbons (Fsp3) is 0.111. The molecule has 2 aromatic carbocycles. The summed E-state index contributed by atoms with van der Waals surface area (Å²) in [5.41, 5.74) is 6.01. The summed E-state index contributed by atoms with van der Waals surface area (Å²) < 4.78 is 35.9. The van der Waals surface area contributed by atoms with Crippen LogP contribution in [0.2, 0.25) is 0 Å². The Kier molecular flexibility index (Phi) is 5.43. The molecular formula is C18H16N4O7S. The predicted octanol–water partition coefficient (Wildman–Crippen LogP) is 2.15. The van der Waals surface area contributed by atoms with E-state index in [-0.39, 0.29) is 27.9 Å². The number of anilines is 1. The number of methoxy groups -OCH3 is 1. The molecule has 12 heteroatoms. The second kappa shape index (κ2) is 7.83. The third-order valence-corrected chi connectivity index (χ3v) is 5.65. The van der Waals surface area contributed by atoms with Gasteiger partial charge in [0.05, 0.1) is 22.5 Å². The lowest BCUT2D eigenvalue weighted by Gasteiger charge is -2.06. The van der Waals surface area contributed by atoms with E-state index >= 15 is 0 Å². The highest BCUT2D eigenvalue weighted by atomic mass is 32.2. The number of nitrogens with zero attached hydrogens (tertiary/aromatic N) is 3. The molecule has 0 aliphatic heterocycles. The van der Waals surface area contributed by atoms with Gasteiger partial charge in [-0.3, -0.25) is 10.1 Å². The van der Waals surface area contributed by atoms with Gasteiger partial charge in [0.1, 0.15) is 5.82 Å². The SMILES string of the molecule is COc1ccc(C(=O)Oc2cc(N)n(S(=O)(=O)c3ccc(C)cc3)n2)cc1[N+](=O)[O-]. The molecule has 3 aromatic rings. The molecule has 0 spiro atoms. The Balaban J connectivity index is 1.89. The van der Waals surface area contributed by atoms with Crippen LogP contribution in [0.4, 0.5) is 11.5 Å². The fourth-order valence-electron chi connectivity index (χ4n) is 2.52. The van der Waals surface area contributed by atoms with Crippen LogP contribution in [0.5, 0.6) is 11.6 Å². The lowest BCUT2D eigenvalue weighted by atomic mass is 10.2. The Bertz CT molecular complexity index is 1230. The van der Waals surface area contributed by atoms with E-state index in [9.17, 15) is 23.3 Å². The summed E-state index contributed by atoms with van der Waals surface area (Å²) in [6, 6.07) is 10.6. The highest BCUT2D eigenvalue weighted by Crippen LogP contribution is 2.28. The van der Waals surface area contributed by atoms with Crippen molar-refractivity contribution in [2.45, 2.75) is 11.8 Å². The number of carbonyl (C=O) groups excluding carboxylic acids is 1. The number of hydrogen-bond acceptors (Lipinski definition) is 9. The van der Waals surface area contributed by atoms with Crippen LogP contribution in [-0.4, -0.2) is 35.6 Å². The first-order valence-electron chi connectivity index (χ1n) is 8.36. The van der Waals surface area contributed by atoms with E-state index in [0.717, 1.165) is 17.7 Å². The molecular weight excluding hydrogens is 416 g/mol. The zero-order valence-electron chi connectivity index (χ0n) is 15.8. The summed E-state index contributed by atoms with van der Waals surface area (Å²) >= 11 is 0. The zero-order chi connectivity index (χ0) is 22.1. The smallest absolute Gasteiger partial charge is 0.345 e. The van der Waals surface area contributed by atoms with E-state index in [1.807, 2.05) is 0 Å². The van der Waals surface area contributed by atoms with Crippen LogP contribution in [0.15, 0.2) is 53.4 Å². The molecule has 3 rings (SSSR count). The van der Waals surface area contributed by atoms with Crippen molar-refractivity contribution in [3.8, 4) is 11.6 Å². The molecule has 0 fully saturated rings. The summed E-state index contributed by atoms with van der Waals surface area (Å²) in [7, 11) is -2.86. The Morgan fingerprint density at radius 3 is 2.43 bits per heavy atom. The van der Waals surface area contributed by atoms with Gasteiger partial charge in [0.15, 0.2) is 5.75 Å². The van der Waals surface area contributed by atoms with Gasteiger partial charge < -0.3 is 15.2 Å². The van der Waals surface area contributed by atoms with Gasteiger partial charge in [0.2, 0.25) is 5.88 Å². The summed E-state index contributed by atoms with van der Waals surface area (Å²) in [4.78, 5) is 22.7. The number of nitro groups is 1. The van der Waals surface area contributed by atoms with Crippen molar-refractivity contribution in [1.82, 2.24) is 9.19 Å². The average Bonchev–Trinajstić information content (AvgIpc) is 3.08. The molecule has 0 aliphatic rings. The molecule has 1 aromatic heterocycles. The van der Waals surface area contributed by atoms with E-state index in [1.54, 1.807) is 19.1 Å². The van der Waals surface area contributed by atoms with E-state index < -0.39 is 26.6 Å². The van der Waals surface area contributed by atoms with Crippen molar-refractivity contribution in [2.75, 3.05) is 12.8 Å². The van der Waals surface area contributed by atoms with Gasteiger partial charge in [0, 0.05) is 12.1 Å². The van der Waals surface area contributed by atoms with Crippen LogP contribution in [0.1, 0.15) is 15.9 Å². The molecule has 156 valence electrons. The molecule has 0 saturated carbocycles. The molecule has 0 radical (unpaired) electrons. The maximum absolute atomic E-state index is 12.7. The minimum absolute atomic E-state index is 0.0331. The van der Waals surface area contributed by atoms with E-state index in [4.69, 9.17) is 15.2 Å². The van der Waals surface area contributed by atoms with Gasteiger partial charge >= 0.3 is 11.7 Å². The molecule has 30 heavy (non-hydrogen) atoms. The highest BCUT2D eigenvalue weighted by Gasteiger charge is 2.24. The Hall–Kier alpha value is -3.93. The first-order chi connectivity index (χ1) is 14.1. The monoisotopic (exact) mass is 432 g/mol. The maximum Gasteiger partial charge on any atom is 0.345 e. The number of benzene rings is 2. The number of aromatic nitrogens is 2. The predicted molar refractivity (Wildman–Crippen MR) is 105 cm³/mol. The number of nitrogens with two attached hydrogens (primary N) is 1. The Labute approximate surface area is 170 Å². The van der Waals surface area contributed by atoms with Gasteiger partial charge in [0.25, 0.3) is 10.0 Å². The molecule has 0 aliphatic carbocycles. The van der Waals surface area contributed by atoms with Crippen LogP contribution in [0.25, 0.3) is 0 Å². The molecule has 1 heterocycles. The zero-order valence-corrected chi connectivity index (χ0v) is 16.6. The summed E-state index contributed by atoms with van der Waals surface area (Å²) in [6.45, 7) is 1.81. The van der Waals surface area contributed by atoms with Gasteiger partial charge in [-0.05, 0) is 31.2 Å². The van der Waals surface area contributed by atoms with Crippen molar-refractivity contribution in [3.63, 3.8) is 0 Å². The fourth-order valence-corrected chi connectivity index (χ4v) is 3.72. The van der Waals surface area contributed by atoms with Crippen molar-refractivity contribution in [3.05, 3.63) is 69.8 Å². The minimum atomic E-state index is -4.11. The summed E-state index contributed by atoms with van der Waals surface area (Å²) in [5, 5.41) is 14.8. The molecule has 2 N–H and O–H groups in total. The second-order valence-electron chi connectivity index (χ2n) is 6.10. The number of rotatable bonds is 6. The van der Waals surface area contributed by atoms with Crippen LogP contribution in [-0.2, 0) is 10.0 Å². The van der Waals surface area contributed by atoms with Gasteiger partial charge in [-0.15, -0.1) is 9.19 Å². The summed E-state index contributed by atoms with van der Waals surface area (Å²) in [5.74, 6) is -1.68. The van der Waals surface area contributed by atoms with Crippen LogP contribution in [0, 0.1) is 17.0 Å². The Morgan fingerprint density at radius 1 is 1.17 bits per heavy atom. The second-order valence-corrected chi connectivity index (χ2v) is 7.87. The molecule has 11 nitrogen and oxygen atoms in total. The highest BCUT2D eigenvalue weighted by molar-refractivity contribution is 7.90. The maximum atomic E-state index is 12.7. The first kappa shape index (κ1) is 20.8. The first-order valence-corrected chi connectivity index (χ1v) is 9.80. The normalized spacial score (nSPS) is 11.1. The van der Waals surface area contributed by atoms with Crippen LogP contribution in [0.3, 0.4) is 0 Å². The van der Waals surface area contributed by atoms with Gasteiger partial charge in [-0.1, -0.05) is 17.7 Å². The molecule has 0 bridgehead atoms. The number of esters is 1. The number of hydrogen-bond donors (Lipinski definition) is 1.